The van der Waals surface area contributed by atoms with E-state index >= 15 is 0 Å². The first-order valence-corrected chi connectivity index (χ1v) is 9.42. The molecule has 6 heteroatoms. The molecule has 0 radical (unpaired) electrons. The smallest absolute Gasteiger partial charge is 0.261 e. The van der Waals surface area contributed by atoms with Gasteiger partial charge in [-0.2, -0.15) is 0 Å². The van der Waals surface area contributed by atoms with Crippen molar-refractivity contribution >= 4 is 15.7 Å². The highest BCUT2D eigenvalue weighted by atomic mass is 32.2. The molecule has 24 heavy (non-hydrogen) atoms. The van der Waals surface area contributed by atoms with E-state index < -0.39 is 10.0 Å². The number of ether oxygens (including phenoxy) is 1. The van der Waals surface area contributed by atoms with E-state index in [4.69, 9.17) is 4.74 Å². The monoisotopic (exact) mass is 346 g/mol. The molecule has 1 aliphatic rings. The standard InChI is InChI=1S/C18H22N2O3S/c1-14-6-8-17(9-7-14)24(21,22)19-16-5-3-4-15(12-16)18-13-20(2)10-11-23-18/h3-9,12,18-19H,10-11,13H2,1-2H3. The van der Waals surface area contributed by atoms with Crippen LogP contribution in [0.2, 0.25) is 0 Å². The molecule has 128 valence electrons. The van der Waals surface area contributed by atoms with Crippen LogP contribution in [0.5, 0.6) is 0 Å². The summed E-state index contributed by atoms with van der Waals surface area (Å²) in [5.74, 6) is 0. The quantitative estimate of drug-likeness (QED) is 0.925. The van der Waals surface area contributed by atoms with Crippen LogP contribution in [0.25, 0.3) is 0 Å². The van der Waals surface area contributed by atoms with Crippen LogP contribution in [0.4, 0.5) is 5.69 Å². The number of sulfonamides is 1. The molecular weight excluding hydrogens is 324 g/mol. The van der Waals surface area contributed by atoms with Crippen molar-refractivity contribution in [3.8, 4) is 0 Å². The van der Waals surface area contributed by atoms with Crippen molar-refractivity contribution in [2.24, 2.45) is 0 Å². The van der Waals surface area contributed by atoms with Gasteiger partial charge in [-0.1, -0.05) is 29.8 Å². The van der Waals surface area contributed by atoms with Gasteiger partial charge in [0.15, 0.2) is 0 Å². The van der Waals surface area contributed by atoms with E-state index in [1.807, 2.05) is 25.1 Å². The molecule has 1 N–H and O–H groups in total. The predicted molar refractivity (Wildman–Crippen MR) is 94.6 cm³/mol. The van der Waals surface area contributed by atoms with Crippen LogP contribution in [0.15, 0.2) is 53.4 Å². The average molecular weight is 346 g/mol. The van der Waals surface area contributed by atoms with Crippen LogP contribution in [0, 0.1) is 6.92 Å². The van der Waals surface area contributed by atoms with Crippen molar-refractivity contribution in [1.82, 2.24) is 4.90 Å². The Morgan fingerprint density at radius 3 is 2.62 bits per heavy atom. The van der Waals surface area contributed by atoms with Crippen molar-refractivity contribution in [3.05, 3.63) is 59.7 Å². The highest BCUT2D eigenvalue weighted by Crippen LogP contribution is 2.25. The molecule has 1 saturated heterocycles. The lowest BCUT2D eigenvalue weighted by atomic mass is 10.1. The number of nitrogens with one attached hydrogen (secondary N) is 1. The summed E-state index contributed by atoms with van der Waals surface area (Å²) in [6, 6.07) is 14.2. The first-order chi connectivity index (χ1) is 11.4. The Morgan fingerprint density at radius 1 is 1.17 bits per heavy atom. The number of morpholine rings is 1. The predicted octanol–water partition coefficient (Wildman–Crippen LogP) is 2.80. The summed E-state index contributed by atoms with van der Waals surface area (Å²) in [6.07, 6.45) is -0.0346. The first-order valence-electron chi connectivity index (χ1n) is 7.94. The lowest BCUT2D eigenvalue weighted by Crippen LogP contribution is -2.35. The Morgan fingerprint density at radius 2 is 1.92 bits per heavy atom. The zero-order chi connectivity index (χ0) is 17.2. The molecule has 1 unspecified atom stereocenters. The highest BCUT2D eigenvalue weighted by molar-refractivity contribution is 7.92. The SMILES string of the molecule is Cc1ccc(S(=O)(=O)Nc2cccc(C3CN(C)CCO3)c2)cc1. The second-order valence-electron chi connectivity index (χ2n) is 6.17. The molecule has 1 aliphatic heterocycles. The normalized spacial score (nSPS) is 19.2. The number of hydrogen-bond donors (Lipinski definition) is 1. The van der Waals surface area contributed by atoms with Crippen molar-refractivity contribution in [1.29, 1.82) is 0 Å². The first kappa shape index (κ1) is 17.0. The van der Waals surface area contributed by atoms with Gasteiger partial charge in [-0.25, -0.2) is 8.42 Å². The van der Waals surface area contributed by atoms with Gasteiger partial charge >= 0.3 is 0 Å². The van der Waals surface area contributed by atoms with Crippen LogP contribution in [-0.4, -0.2) is 40.1 Å². The molecule has 0 bridgehead atoms. The fourth-order valence-electron chi connectivity index (χ4n) is 2.71. The molecule has 0 saturated carbocycles. The van der Waals surface area contributed by atoms with Crippen LogP contribution < -0.4 is 4.72 Å². The summed E-state index contributed by atoms with van der Waals surface area (Å²) in [4.78, 5) is 2.46. The van der Waals surface area contributed by atoms with Gasteiger partial charge in [0.05, 0.1) is 17.6 Å². The number of nitrogens with zero attached hydrogens (tertiary/aromatic N) is 1. The number of aryl methyl sites for hydroxylation is 1. The van der Waals surface area contributed by atoms with Crippen molar-refractivity contribution < 1.29 is 13.2 Å². The fourth-order valence-corrected chi connectivity index (χ4v) is 3.76. The largest absolute Gasteiger partial charge is 0.371 e. The minimum absolute atomic E-state index is 0.0346. The van der Waals surface area contributed by atoms with Gasteiger partial charge in [-0.05, 0) is 43.8 Å². The fraction of sp³-hybridized carbons (Fsp3) is 0.333. The number of benzene rings is 2. The van der Waals surface area contributed by atoms with Crippen molar-refractivity contribution in [2.45, 2.75) is 17.9 Å². The Hall–Kier alpha value is -1.89. The van der Waals surface area contributed by atoms with Crippen molar-refractivity contribution in [2.75, 3.05) is 31.5 Å². The second-order valence-corrected chi connectivity index (χ2v) is 7.85. The number of likely N-dealkylation sites (N-methyl/N-ethyl adjacent to an activating group) is 1. The molecule has 1 atom stereocenters. The van der Waals surface area contributed by atoms with E-state index in [0.29, 0.717) is 12.3 Å². The third-order valence-corrected chi connectivity index (χ3v) is 5.51. The summed E-state index contributed by atoms with van der Waals surface area (Å²) < 4.78 is 33.5. The summed E-state index contributed by atoms with van der Waals surface area (Å²) in [5.41, 5.74) is 2.55. The molecule has 3 rings (SSSR count). The van der Waals surface area contributed by atoms with E-state index in [-0.39, 0.29) is 11.0 Å². The summed E-state index contributed by atoms with van der Waals surface area (Å²) in [5, 5.41) is 0. The van der Waals surface area contributed by atoms with Gasteiger partial charge in [-0.3, -0.25) is 4.72 Å². The molecule has 1 fully saturated rings. The molecule has 2 aromatic carbocycles. The number of anilines is 1. The van der Waals surface area contributed by atoms with E-state index in [9.17, 15) is 8.42 Å². The van der Waals surface area contributed by atoms with E-state index in [1.165, 1.54) is 0 Å². The maximum atomic E-state index is 12.5. The maximum absolute atomic E-state index is 12.5. The molecule has 0 aromatic heterocycles. The minimum atomic E-state index is -3.59. The summed E-state index contributed by atoms with van der Waals surface area (Å²) in [7, 11) is -1.53. The lowest BCUT2D eigenvalue weighted by molar-refractivity contribution is -0.0208. The summed E-state index contributed by atoms with van der Waals surface area (Å²) in [6.45, 7) is 4.32. The van der Waals surface area contributed by atoms with E-state index in [1.54, 1.807) is 30.3 Å². The second kappa shape index (κ2) is 6.93. The summed E-state index contributed by atoms with van der Waals surface area (Å²) >= 11 is 0. The van der Waals surface area contributed by atoms with Crippen LogP contribution in [0.1, 0.15) is 17.2 Å². The number of rotatable bonds is 4. The molecule has 1 heterocycles. The van der Waals surface area contributed by atoms with Crippen LogP contribution in [-0.2, 0) is 14.8 Å². The minimum Gasteiger partial charge on any atom is -0.371 e. The van der Waals surface area contributed by atoms with Gasteiger partial charge in [0.1, 0.15) is 0 Å². The topological polar surface area (TPSA) is 58.6 Å². The molecular formula is C18H22N2O3S. The zero-order valence-electron chi connectivity index (χ0n) is 13.9. The van der Waals surface area contributed by atoms with Gasteiger partial charge in [0.25, 0.3) is 10.0 Å². The van der Waals surface area contributed by atoms with Gasteiger partial charge in [0.2, 0.25) is 0 Å². The van der Waals surface area contributed by atoms with Gasteiger partial charge < -0.3 is 9.64 Å². The number of hydrogen-bond acceptors (Lipinski definition) is 4. The highest BCUT2D eigenvalue weighted by Gasteiger charge is 2.20. The molecule has 2 aromatic rings. The molecule has 5 nitrogen and oxygen atoms in total. The lowest BCUT2D eigenvalue weighted by Gasteiger charge is -2.30. The molecule has 0 aliphatic carbocycles. The zero-order valence-corrected chi connectivity index (χ0v) is 14.7. The van der Waals surface area contributed by atoms with Gasteiger partial charge in [-0.15, -0.1) is 0 Å². The Balaban J connectivity index is 1.80. The third-order valence-electron chi connectivity index (χ3n) is 4.11. The third kappa shape index (κ3) is 3.95. The van der Waals surface area contributed by atoms with E-state index in [0.717, 1.165) is 24.2 Å². The molecule has 0 amide bonds. The Labute approximate surface area is 143 Å². The average Bonchev–Trinajstić information content (AvgIpc) is 2.55. The van der Waals surface area contributed by atoms with Crippen LogP contribution in [0.3, 0.4) is 0 Å². The maximum Gasteiger partial charge on any atom is 0.261 e. The van der Waals surface area contributed by atoms with Crippen LogP contribution >= 0.6 is 0 Å². The van der Waals surface area contributed by atoms with Crippen molar-refractivity contribution in [3.63, 3.8) is 0 Å². The van der Waals surface area contributed by atoms with Gasteiger partial charge in [0, 0.05) is 18.8 Å². The Bertz CT molecular complexity index is 803. The Kier molecular flexibility index (Phi) is 4.89. The molecule has 0 spiro atoms. The van der Waals surface area contributed by atoms with E-state index in [2.05, 4.69) is 16.7 Å².